The maximum absolute atomic E-state index is 11.7. The second-order valence-electron chi connectivity index (χ2n) is 4.27. The first kappa shape index (κ1) is 15.7. The van der Waals surface area contributed by atoms with Crippen LogP contribution in [0.1, 0.15) is 27.2 Å². The van der Waals surface area contributed by atoms with Crippen molar-refractivity contribution in [3.8, 4) is 0 Å². The number of amides is 2. The van der Waals surface area contributed by atoms with Gasteiger partial charge >= 0.3 is 12.0 Å². The Balaban J connectivity index is 4.42. The predicted octanol–water partition coefficient (Wildman–Crippen LogP) is 0.509. The van der Waals surface area contributed by atoms with Crippen LogP contribution in [0.4, 0.5) is 4.79 Å². The first-order chi connectivity index (χ1) is 7.92. The van der Waals surface area contributed by atoms with Crippen LogP contribution in [-0.2, 0) is 4.79 Å². The highest BCUT2D eigenvalue weighted by atomic mass is 16.4. The fourth-order valence-corrected chi connectivity index (χ4v) is 1.46. The van der Waals surface area contributed by atoms with Gasteiger partial charge in [-0.1, -0.05) is 13.8 Å². The molecule has 0 radical (unpaired) electrons. The van der Waals surface area contributed by atoms with E-state index in [-0.39, 0.29) is 19.1 Å². The molecule has 0 heterocycles. The normalized spacial score (nSPS) is 12.3. The second-order valence-corrected chi connectivity index (χ2v) is 4.27. The third-order valence-electron chi connectivity index (χ3n) is 2.34. The number of aliphatic carboxylic acids is 1. The van der Waals surface area contributed by atoms with E-state index < -0.39 is 18.0 Å². The molecule has 0 rings (SSSR count). The van der Waals surface area contributed by atoms with Crippen LogP contribution in [-0.4, -0.2) is 52.9 Å². The molecular formula is C11H22N2O4. The van der Waals surface area contributed by atoms with Crippen LogP contribution in [0.15, 0.2) is 0 Å². The molecule has 0 spiro atoms. The fourth-order valence-electron chi connectivity index (χ4n) is 1.46. The summed E-state index contributed by atoms with van der Waals surface area (Å²) in [6.45, 7) is 6.06. The predicted molar refractivity (Wildman–Crippen MR) is 63.7 cm³/mol. The molecule has 0 fully saturated rings. The summed E-state index contributed by atoms with van der Waals surface area (Å²) in [5.74, 6) is -0.851. The Kier molecular flexibility index (Phi) is 7.29. The highest BCUT2D eigenvalue weighted by Crippen LogP contribution is 2.05. The van der Waals surface area contributed by atoms with E-state index in [4.69, 9.17) is 10.2 Å². The van der Waals surface area contributed by atoms with E-state index in [1.807, 2.05) is 13.8 Å². The summed E-state index contributed by atoms with van der Waals surface area (Å²) < 4.78 is 0. The number of carbonyl (C=O) groups is 2. The molecule has 1 atom stereocenters. The van der Waals surface area contributed by atoms with E-state index in [0.717, 1.165) is 0 Å². The highest BCUT2D eigenvalue weighted by molar-refractivity contribution is 5.82. The molecule has 0 bridgehead atoms. The molecule has 0 aromatic carbocycles. The van der Waals surface area contributed by atoms with Crippen molar-refractivity contribution in [1.29, 1.82) is 0 Å². The van der Waals surface area contributed by atoms with Crippen LogP contribution in [0, 0.1) is 5.92 Å². The molecule has 0 aromatic rings. The number of likely N-dealkylation sites (N-methyl/N-ethyl adjacent to an activating group) is 1. The summed E-state index contributed by atoms with van der Waals surface area (Å²) in [6, 6.07) is -1.33. The number of carboxylic acids is 1. The molecule has 0 saturated heterocycles. The molecule has 100 valence electrons. The van der Waals surface area contributed by atoms with Gasteiger partial charge in [0.05, 0.1) is 6.61 Å². The molecule has 2 amide bonds. The van der Waals surface area contributed by atoms with Gasteiger partial charge < -0.3 is 20.4 Å². The van der Waals surface area contributed by atoms with Crippen molar-refractivity contribution < 1.29 is 19.8 Å². The van der Waals surface area contributed by atoms with Crippen molar-refractivity contribution in [2.24, 2.45) is 5.92 Å². The summed E-state index contributed by atoms with van der Waals surface area (Å²) >= 11 is 0. The average Bonchev–Trinajstić information content (AvgIpc) is 2.23. The van der Waals surface area contributed by atoms with Crippen molar-refractivity contribution in [1.82, 2.24) is 10.2 Å². The molecular weight excluding hydrogens is 224 g/mol. The topological polar surface area (TPSA) is 89.9 Å². The minimum atomic E-state index is -1.04. The number of nitrogens with zero attached hydrogens (tertiary/aromatic N) is 1. The molecule has 17 heavy (non-hydrogen) atoms. The van der Waals surface area contributed by atoms with Gasteiger partial charge in [0.2, 0.25) is 0 Å². The van der Waals surface area contributed by atoms with Gasteiger partial charge in [-0.25, -0.2) is 9.59 Å². The van der Waals surface area contributed by atoms with Gasteiger partial charge in [0, 0.05) is 13.1 Å². The number of nitrogens with one attached hydrogen (secondary N) is 1. The Morgan fingerprint density at radius 2 is 1.94 bits per heavy atom. The van der Waals surface area contributed by atoms with Crippen LogP contribution in [0.2, 0.25) is 0 Å². The van der Waals surface area contributed by atoms with E-state index >= 15 is 0 Å². The Bertz CT molecular complexity index is 256. The number of carbonyl (C=O) groups excluding carboxylic acids is 1. The minimum Gasteiger partial charge on any atom is -0.480 e. The quantitative estimate of drug-likeness (QED) is 0.610. The Morgan fingerprint density at radius 1 is 1.35 bits per heavy atom. The maximum Gasteiger partial charge on any atom is 0.326 e. The summed E-state index contributed by atoms with van der Waals surface area (Å²) in [4.78, 5) is 24.0. The summed E-state index contributed by atoms with van der Waals surface area (Å²) in [7, 11) is 0. The lowest BCUT2D eigenvalue weighted by atomic mass is 10.0. The monoisotopic (exact) mass is 246 g/mol. The molecule has 6 nitrogen and oxygen atoms in total. The molecule has 1 unspecified atom stereocenters. The second kappa shape index (κ2) is 7.89. The van der Waals surface area contributed by atoms with Gasteiger partial charge in [0.25, 0.3) is 0 Å². The standard InChI is InChI=1S/C11H22N2O4/c1-4-13(5-6-14)11(17)12-9(10(15)16)7-8(2)3/h8-9,14H,4-7H2,1-3H3,(H,12,17)(H,15,16). The van der Waals surface area contributed by atoms with Crippen molar-refractivity contribution in [2.75, 3.05) is 19.7 Å². The van der Waals surface area contributed by atoms with E-state index in [2.05, 4.69) is 5.32 Å². The third kappa shape index (κ3) is 6.11. The van der Waals surface area contributed by atoms with E-state index in [0.29, 0.717) is 13.0 Å². The zero-order valence-corrected chi connectivity index (χ0v) is 10.6. The van der Waals surface area contributed by atoms with Crippen LogP contribution >= 0.6 is 0 Å². The smallest absolute Gasteiger partial charge is 0.326 e. The number of aliphatic hydroxyl groups excluding tert-OH is 1. The van der Waals surface area contributed by atoms with E-state index in [9.17, 15) is 9.59 Å². The van der Waals surface area contributed by atoms with Crippen LogP contribution in [0.25, 0.3) is 0 Å². The van der Waals surface area contributed by atoms with Crippen molar-refractivity contribution >= 4 is 12.0 Å². The molecule has 0 aliphatic rings. The van der Waals surface area contributed by atoms with Gasteiger partial charge in [-0.3, -0.25) is 0 Å². The van der Waals surface area contributed by atoms with Crippen molar-refractivity contribution in [3.63, 3.8) is 0 Å². The van der Waals surface area contributed by atoms with Crippen molar-refractivity contribution in [3.05, 3.63) is 0 Å². The van der Waals surface area contributed by atoms with Crippen molar-refractivity contribution in [2.45, 2.75) is 33.2 Å². The first-order valence-corrected chi connectivity index (χ1v) is 5.81. The zero-order valence-electron chi connectivity index (χ0n) is 10.6. The van der Waals surface area contributed by atoms with E-state index in [1.165, 1.54) is 4.90 Å². The Morgan fingerprint density at radius 3 is 2.29 bits per heavy atom. The number of rotatable bonds is 7. The van der Waals surface area contributed by atoms with Gasteiger partial charge in [-0.05, 0) is 19.3 Å². The lowest BCUT2D eigenvalue weighted by Gasteiger charge is -2.23. The summed E-state index contributed by atoms with van der Waals surface area (Å²) in [6.07, 6.45) is 0.387. The van der Waals surface area contributed by atoms with Gasteiger partial charge in [-0.2, -0.15) is 0 Å². The van der Waals surface area contributed by atoms with Crippen LogP contribution in [0.3, 0.4) is 0 Å². The zero-order chi connectivity index (χ0) is 13.4. The summed E-state index contributed by atoms with van der Waals surface area (Å²) in [5.41, 5.74) is 0. The average molecular weight is 246 g/mol. The highest BCUT2D eigenvalue weighted by Gasteiger charge is 2.23. The maximum atomic E-state index is 11.7. The number of aliphatic hydroxyl groups is 1. The largest absolute Gasteiger partial charge is 0.480 e. The van der Waals surface area contributed by atoms with Gasteiger partial charge in [0.1, 0.15) is 6.04 Å². The Labute approximate surface area is 102 Å². The molecule has 6 heteroatoms. The number of carboxylic acid groups (broad SMARTS) is 1. The van der Waals surface area contributed by atoms with Crippen LogP contribution < -0.4 is 5.32 Å². The van der Waals surface area contributed by atoms with E-state index in [1.54, 1.807) is 6.92 Å². The number of urea groups is 1. The Hall–Kier alpha value is -1.30. The lowest BCUT2D eigenvalue weighted by Crippen LogP contribution is -2.49. The lowest BCUT2D eigenvalue weighted by molar-refractivity contribution is -0.139. The third-order valence-corrected chi connectivity index (χ3v) is 2.34. The first-order valence-electron chi connectivity index (χ1n) is 5.81. The van der Waals surface area contributed by atoms with Crippen LogP contribution in [0.5, 0.6) is 0 Å². The molecule has 0 aliphatic heterocycles. The summed E-state index contributed by atoms with van der Waals surface area (Å²) in [5, 5.41) is 20.2. The molecule has 0 aromatic heterocycles. The molecule has 3 N–H and O–H groups in total. The number of hydrogen-bond acceptors (Lipinski definition) is 3. The SMILES string of the molecule is CCN(CCO)C(=O)NC(CC(C)C)C(=O)O. The van der Waals surface area contributed by atoms with Gasteiger partial charge in [0.15, 0.2) is 0 Å². The minimum absolute atomic E-state index is 0.136. The fraction of sp³-hybridized carbons (Fsp3) is 0.818. The molecule has 0 saturated carbocycles. The number of hydrogen-bond donors (Lipinski definition) is 3. The molecule has 0 aliphatic carbocycles. The van der Waals surface area contributed by atoms with Gasteiger partial charge in [-0.15, -0.1) is 0 Å².